The van der Waals surface area contributed by atoms with Crippen molar-refractivity contribution < 1.29 is 4.79 Å². The minimum absolute atomic E-state index is 0.120. The zero-order chi connectivity index (χ0) is 20.4. The second kappa shape index (κ2) is 8.32. The molecular weight excluding hydrogens is 400 g/mol. The van der Waals surface area contributed by atoms with Crippen LogP contribution in [0, 0.1) is 0 Å². The predicted octanol–water partition coefficient (Wildman–Crippen LogP) is 5.26. The topological polar surface area (TPSA) is 51.0 Å². The van der Waals surface area contributed by atoms with Crippen molar-refractivity contribution in [3.63, 3.8) is 0 Å². The Morgan fingerprint density at radius 1 is 1.17 bits per heavy atom. The van der Waals surface area contributed by atoms with Gasteiger partial charge in [-0.3, -0.25) is 9.36 Å². The highest BCUT2D eigenvalue weighted by atomic mass is 32.2. The van der Waals surface area contributed by atoms with Crippen molar-refractivity contribution in [2.24, 2.45) is 0 Å². The highest BCUT2D eigenvalue weighted by Gasteiger charge is 2.32. The van der Waals surface area contributed by atoms with Crippen LogP contribution >= 0.6 is 23.1 Å². The first-order chi connectivity index (χ1) is 13.9. The Kier molecular flexibility index (Phi) is 5.79. The first kappa shape index (κ1) is 20.2. The molecule has 1 aliphatic carbocycles. The van der Waals surface area contributed by atoms with E-state index in [1.54, 1.807) is 11.3 Å². The molecule has 0 unspecified atom stereocenters. The van der Waals surface area contributed by atoms with Crippen LogP contribution in [-0.2, 0) is 11.3 Å². The summed E-state index contributed by atoms with van der Waals surface area (Å²) < 4.78 is 2.22. The van der Waals surface area contributed by atoms with E-state index in [-0.39, 0.29) is 11.4 Å². The number of benzene rings is 1. The van der Waals surface area contributed by atoms with Crippen LogP contribution in [0.3, 0.4) is 0 Å². The molecule has 0 aliphatic heterocycles. The van der Waals surface area contributed by atoms with E-state index in [0.29, 0.717) is 18.3 Å². The molecule has 1 saturated carbocycles. The van der Waals surface area contributed by atoms with E-state index in [0.717, 1.165) is 34.3 Å². The lowest BCUT2D eigenvalue weighted by atomic mass is 10.0. The quantitative estimate of drug-likeness (QED) is 0.484. The predicted molar refractivity (Wildman–Crippen MR) is 119 cm³/mol. The first-order valence-electron chi connectivity index (χ1n) is 9.89. The van der Waals surface area contributed by atoms with Crippen molar-refractivity contribution in [3.05, 3.63) is 53.4 Å². The van der Waals surface area contributed by atoms with Crippen molar-refractivity contribution in [2.45, 2.75) is 56.9 Å². The molecule has 1 aliphatic rings. The Morgan fingerprint density at radius 3 is 2.55 bits per heavy atom. The van der Waals surface area contributed by atoms with Gasteiger partial charge in [-0.2, -0.15) is 0 Å². The third kappa shape index (κ3) is 4.73. The molecule has 0 N–H and O–H groups in total. The number of nitrogens with zero attached hydrogens (tertiary/aromatic N) is 4. The Labute approximate surface area is 180 Å². The molecule has 3 aromatic rings. The summed E-state index contributed by atoms with van der Waals surface area (Å²) in [5, 5.41) is 11.8. The van der Waals surface area contributed by atoms with Gasteiger partial charge in [0, 0.05) is 18.1 Å². The van der Waals surface area contributed by atoms with Gasteiger partial charge in [-0.1, -0.05) is 48.2 Å². The van der Waals surface area contributed by atoms with Crippen LogP contribution in [0.5, 0.6) is 0 Å². The van der Waals surface area contributed by atoms with Gasteiger partial charge in [0.05, 0.1) is 10.6 Å². The van der Waals surface area contributed by atoms with E-state index < -0.39 is 0 Å². The fourth-order valence-corrected chi connectivity index (χ4v) is 4.87. The molecule has 2 aromatic heterocycles. The molecule has 1 aromatic carbocycles. The van der Waals surface area contributed by atoms with Gasteiger partial charge >= 0.3 is 0 Å². The number of carbonyl (C=O) groups excluding carboxylic acids is 1. The van der Waals surface area contributed by atoms with Crippen molar-refractivity contribution >= 4 is 29.0 Å². The van der Waals surface area contributed by atoms with Gasteiger partial charge in [-0.05, 0) is 50.6 Å². The van der Waals surface area contributed by atoms with Crippen LogP contribution in [0.15, 0.2) is 53.0 Å². The van der Waals surface area contributed by atoms with Gasteiger partial charge in [0.25, 0.3) is 0 Å². The van der Waals surface area contributed by atoms with Gasteiger partial charge in [-0.15, -0.1) is 21.5 Å². The van der Waals surface area contributed by atoms with Crippen LogP contribution in [0.2, 0.25) is 0 Å². The second-order valence-electron chi connectivity index (χ2n) is 8.31. The molecule has 1 amide bonds. The van der Waals surface area contributed by atoms with Crippen LogP contribution < -0.4 is 0 Å². The molecule has 0 atom stereocenters. The summed E-state index contributed by atoms with van der Waals surface area (Å²) in [6.07, 6.45) is 2.31. The number of hydrogen-bond acceptors (Lipinski definition) is 5. The molecule has 0 spiro atoms. The maximum absolute atomic E-state index is 13.1. The summed E-state index contributed by atoms with van der Waals surface area (Å²) in [7, 11) is 0. The number of thiophene rings is 1. The average molecular weight is 427 g/mol. The van der Waals surface area contributed by atoms with E-state index in [2.05, 4.69) is 59.1 Å². The normalized spacial score (nSPS) is 14.2. The lowest BCUT2D eigenvalue weighted by Gasteiger charge is -2.36. The summed E-state index contributed by atoms with van der Waals surface area (Å²) in [5.41, 5.74) is 0.890. The minimum atomic E-state index is -0.250. The van der Waals surface area contributed by atoms with Gasteiger partial charge in [-0.25, -0.2) is 0 Å². The van der Waals surface area contributed by atoms with Gasteiger partial charge in [0.1, 0.15) is 0 Å². The summed E-state index contributed by atoms with van der Waals surface area (Å²) in [5.74, 6) is 1.41. The minimum Gasteiger partial charge on any atom is -0.333 e. The molecule has 1 fully saturated rings. The van der Waals surface area contributed by atoms with E-state index in [4.69, 9.17) is 0 Å². The lowest BCUT2D eigenvalue weighted by molar-refractivity contribution is -0.133. The molecule has 2 heterocycles. The average Bonchev–Trinajstić information content (AvgIpc) is 3.21. The van der Waals surface area contributed by atoms with Crippen LogP contribution in [-0.4, -0.2) is 36.9 Å². The molecular formula is C22H26N4OS2. The molecule has 29 heavy (non-hydrogen) atoms. The Hall–Kier alpha value is -2.12. The van der Waals surface area contributed by atoms with E-state index >= 15 is 0 Å². The zero-order valence-electron chi connectivity index (χ0n) is 17.0. The van der Waals surface area contributed by atoms with Gasteiger partial charge < -0.3 is 4.90 Å². The van der Waals surface area contributed by atoms with Gasteiger partial charge in [0.2, 0.25) is 5.91 Å². The third-order valence-electron chi connectivity index (χ3n) is 4.94. The number of hydrogen-bond donors (Lipinski definition) is 0. The van der Waals surface area contributed by atoms with E-state index in [1.807, 2.05) is 29.2 Å². The zero-order valence-corrected chi connectivity index (χ0v) is 18.7. The lowest BCUT2D eigenvalue weighted by Crippen LogP contribution is -2.45. The van der Waals surface area contributed by atoms with Crippen LogP contribution in [0.4, 0.5) is 0 Å². The fraction of sp³-hybridized carbons (Fsp3) is 0.409. The van der Waals surface area contributed by atoms with Crippen molar-refractivity contribution in [2.75, 3.05) is 5.75 Å². The van der Waals surface area contributed by atoms with Crippen LogP contribution in [0.1, 0.15) is 45.2 Å². The van der Waals surface area contributed by atoms with E-state index in [9.17, 15) is 4.79 Å². The number of carbonyl (C=O) groups is 1. The molecule has 0 bridgehead atoms. The first-order valence-corrected chi connectivity index (χ1v) is 11.8. The van der Waals surface area contributed by atoms with Crippen LogP contribution in [0.25, 0.3) is 10.7 Å². The number of aromatic nitrogens is 3. The fourth-order valence-electron chi connectivity index (χ4n) is 3.28. The maximum atomic E-state index is 13.1. The number of thioether (sulfide) groups is 1. The molecule has 152 valence electrons. The van der Waals surface area contributed by atoms with Crippen molar-refractivity contribution in [3.8, 4) is 10.7 Å². The Morgan fingerprint density at radius 2 is 1.93 bits per heavy atom. The Bertz CT molecular complexity index is 957. The second-order valence-corrected chi connectivity index (χ2v) is 10.2. The Balaban J connectivity index is 1.49. The van der Waals surface area contributed by atoms with Crippen molar-refractivity contribution in [1.82, 2.24) is 19.7 Å². The SMILES string of the molecule is CC(C)(C)N(Cc1ccccc1)C(=O)CSc1nnc(-c2cccs2)n1C1CC1. The van der Waals surface area contributed by atoms with Gasteiger partial charge in [0.15, 0.2) is 11.0 Å². The monoisotopic (exact) mass is 426 g/mol. The smallest absolute Gasteiger partial charge is 0.233 e. The van der Waals surface area contributed by atoms with E-state index in [1.165, 1.54) is 11.8 Å². The molecule has 0 radical (unpaired) electrons. The summed E-state index contributed by atoms with van der Waals surface area (Å²) in [6.45, 7) is 6.86. The number of amides is 1. The highest BCUT2D eigenvalue weighted by molar-refractivity contribution is 7.99. The largest absolute Gasteiger partial charge is 0.333 e. The summed E-state index contributed by atoms with van der Waals surface area (Å²) >= 11 is 3.17. The third-order valence-corrected chi connectivity index (χ3v) is 6.73. The number of rotatable bonds is 7. The molecule has 0 saturated heterocycles. The standard InChI is InChI=1S/C22H26N4OS2/c1-22(2,3)25(14-16-8-5-4-6-9-16)19(27)15-29-21-24-23-20(18-10-7-13-28-18)26(21)17-11-12-17/h4-10,13,17H,11-12,14-15H2,1-3H3. The van der Waals surface area contributed by atoms with Crippen molar-refractivity contribution in [1.29, 1.82) is 0 Å². The summed E-state index contributed by atoms with van der Waals surface area (Å²) in [6, 6.07) is 14.7. The molecule has 5 nitrogen and oxygen atoms in total. The highest BCUT2D eigenvalue weighted by Crippen LogP contribution is 2.41. The maximum Gasteiger partial charge on any atom is 0.233 e. The molecule has 7 heteroatoms. The summed E-state index contributed by atoms with van der Waals surface area (Å²) in [4.78, 5) is 16.2. The molecule has 4 rings (SSSR count).